The number of nitrogens with zero attached hydrogens (tertiary/aromatic N) is 2. The number of carbonyl (C=O) groups is 1. The Labute approximate surface area is 172 Å². The summed E-state index contributed by atoms with van der Waals surface area (Å²) in [5, 5.41) is 0.469. The van der Waals surface area contributed by atoms with E-state index in [1.54, 1.807) is 0 Å². The standard InChI is InChI=1S/C21H22ClN3O2S/c1-14(28-19-9-5-2-6-16(19)22)20(26)24-12-10-15(11-13-24)25-18-8-4-3-7-17(18)23-21(25)27/h2-9,14-15H,10-13H2,1H3,(H,23,27). The maximum atomic E-state index is 12.9. The Morgan fingerprint density at radius 2 is 1.82 bits per heavy atom. The predicted molar refractivity (Wildman–Crippen MR) is 114 cm³/mol. The molecule has 1 N–H and O–H groups in total. The van der Waals surface area contributed by atoms with Crippen molar-refractivity contribution in [2.45, 2.75) is 36.0 Å². The number of carbonyl (C=O) groups excluding carboxylic acids is 1. The van der Waals surface area contributed by atoms with Gasteiger partial charge in [0.2, 0.25) is 5.91 Å². The quantitative estimate of drug-likeness (QED) is 0.645. The van der Waals surface area contributed by atoms with Crippen LogP contribution < -0.4 is 5.69 Å². The second-order valence-corrected chi connectivity index (χ2v) is 8.85. The van der Waals surface area contributed by atoms with Crippen molar-refractivity contribution >= 4 is 40.3 Å². The Morgan fingerprint density at radius 3 is 2.57 bits per heavy atom. The summed E-state index contributed by atoms with van der Waals surface area (Å²) in [6.07, 6.45) is 1.55. The van der Waals surface area contributed by atoms with Gasteiger partial charge in [-0.25, -0.2) is 4.79 Å². The van der Waals surface area contributed by atoms with Crippen LogP contribution in [0.3, 0.4) is 0 Å². The largest absolute Gasteiger partial charge is 0.342 e. The Hall–Kier alpha value is -2.18. The monoisotopic (exact) mass is 415 g/mol. The number of halogens is 1. The second-order valence-electron chi connectivity index (χ2n) is 7.06. The number of aromatic nitrogens is 2. The van der Waals surface area contributed by atoms with Crippen LogP contribution in [0.5, 0.6) is 0 Å². The number of thioether (sulfide) groups is 1. The molecule has 2 heterocycles. The van der Waals surface area contributed by atoms with E-state index in [4.69, 9.17) is 11.6 Å². The van der Waals surface area contributed by atoms with Crippen LogP contribution in [-0.4, -0.2) is 38.7 Å². The van der Waals surface area contributed by atoms with E-state index in [0.717, 1.165) is 28.8 Å². The van der Waals surface area contributed by atoms with Gasteiger partial charge in [0, 0.05) is 24.0 Å². The second kappa shape index (κ2) is 8.05. The number of para-hydroxylation sites is 2. The SMILES string of the molecule is CC(Sc1ccccc1Cl)C(=O)N1CCC(n2c(=O)[nH]c3ccccc32)CC1. The van der Waals surface area contributed by atoms with Crippen molar-refractivity contribution in [2.75, 3.05) is 13.1 Å². The van der Waals surface area contributed by atoms with E-state index in [9.17, 15) is 9.59 Å². The third kappa shape index (κ3) is 3.71. The molecule has 1 fully saturated rings. The van der Waals surface area contributed by atoms with Crippen LogP contribution in [0.1, 0.15) is 25.8 Å². The van der Waals surface area contributed by atoms with Gasteiger partial charge in [0.05, 0.1) is 21.3 Å². The van der Waals surface area contributed by atoms with Gasteiger partial charge in [-0.2, -0.15) is 0 Å². The molecule has 1 saturated heterocycles. The van der Waals surface area contributed by atoms with E-state index >= 15 is 0 Å². The maximum absolute atomic E-state index is 12.9. The lowest BCUT2D eigenvalue weighted by molar-refractivity contribution is -0.131. The molecule has 4 rings (SSSR count). The van der Waals surface area contributed by atoms with Crippen LogP contribution in [0.4, 0.5) is 0 Å². The lowest BCUT2D eigenvalue weighted by atomic mass is 10.0. The van der Waals surface area contributed by atoms with E-state index < -0.39 is 0 Å². The lowest BCUT2D eigenvalue weighted by Crippen LogP contribution is -2.43. The molecule has 0 spiro atoms. The topological polar surface area (TPSA) is 58.1 Å². The van der Waals surface area contributed by atoms with E-state index in [1.165, 1.54) is 11.8 Å². The van der Waals surface area contributed by atoms with E-state index in [2.05, 4.69) is 4.98 Å². The number of fused-ring (bicyclic) bond motifs is 1. The zero-order chi connectivity index (χ0) is 19.7. The fraction of sp³-hybridized carbons (Fsp3) is 0.333. The fourth-order valence-electron chi connectivity index (χ4n) is 3.82. The van der Waals surface area contributed by atoms with Gasteiger partial charge in [-0.05, 0) is 44.0 Å². The maximum Gasteiger partial charge on any atom is 0.326 e. The van der Waals surface area contributed by atoms with Crippen LogP contribution >= 0.6 is 23.4 Å². The van der Waals surface area contributed by atoms with Crippen LogP contribution in [-0.2, 0) is 4.79 Å². The molecule has 0 aliphatic carbocycles. The summed E-state index contributed by atoms with van der Waals surface area (Å²) in [5.41, 5.74) is 1.71. The molecule has 1 aliphatic rings. The van der Waals surface area contributed by atoms with Crippen LogP contribution in [0, 0.1) is 0 Å². The van der Waals surface area contributed by atoms with Crippen LogP contribution in [0.15, 0.2) is 58.2 Å². The smallest absolute Gasteiger partial charge is 0.326 e. The van der Waals surface area contributed by atoms with Gasteiger partial charge in [0.1, 0.15) is 0 Å². The molecule has 0 radical (unpaired) electrons. The van der Waals surface area contributed by atoms with Crippen molar-refractivity contribution in [1.82, 2.24) is 14.5 Å². The summed E-state index contributed by atoms with van der Waals surface area (Å²) >= 11 is 7.71. The average molecular weight is 416 g/mol. The number of imidazole rings is 1. The van der Waals surface area contributed by atoms with Crippen LogP contribution in [0.25, 0.3) is 11.0 Å². The zero-order valence-corrected chi connectivity index (χ0v) is 17.2. The van der Waals surface area contributed by atoms with Gasteiger partial charge in [-0.1, -0.05) is 35.9 Å². The first-order valence-corrected chi connectivity index (χ1v) is 10.7. The molecule has 1 aromatic heterocycles. The Balaban J connectivity index is 1.42. The molecule has 146 valence electrons. The molecule has 7 heteroatoms. The number of piperidine rings is 1. The van der Waals surface area contributed by atoms with Gasteiger partial charge < -0.3 is 9.88 Å². The van der Waals surface area contributed by atoms with Crippen molar-refractivity contribution in [3.8, 4) is 0 Å². The third-order valence-corrected chi connectivity index (χ3v) is 6.86. The number of likely N-dealkylation sites (tertiary alicyclic amines) is 1. The van der Waals surface area contributed by atoms with Gasteiger partial charge in [0.25, 0.3) is 0 Å². The van der Waals surface area contributed by atoms with Crippen molar-refractivity contribution in [3.05, 3.63) is 64.0 Å². The summed E-state index contributed by atoms with van der Waals surface area (Å²) in [5.74, 6) is 0.120. The van der Waals surface area contributed by atoms with E-state index in [-0.39, 0.29) is 22.9 Å². The first-order chi connectivity index (χ1) is 13.5. The summed E-state index contributed by atoms with van der Waals surface area (Å²) in [7, 11) is 0. The summed E-state index contributed by atoms with van der Waals surface area (Å²) in [6, 6.07) is 15.4. The number of rotatable bonds is 4. The Morgan fingerprint density at radius 1 is 1.14 bits per heavy atom. The van der Waals surface area contributed by atoms with Crippen molar-refractivity contribution < 1.29 is 4.79 Å². The highest BCUT2D eigenvalue weighted by Crippen LogP contribution is 2.32. The predicted octanol–water partition coefficient (Wildman–Crippen LogP) is 4.33. The number of H-pyrrole nitrogens is 1. The summed E-state index contributed by atoms with van der Waals surface area (Å²) in [4.78, 5) is 31.0. The summed E-state index contributed by atoms with van der Waals surface area (Å²) < 4.78 is 1.85. The van der Waals surface area contributed by atoms with Crippen molar-refractivity contribution in [3.63, 3.8) is 0 Å². The minimum atomic E-state index is -0.202. The number of hydrogen-bond acceptors (Lipinski definition) is 3. The molecule has 1 atom stereocenters. The molecule has 1 unspecified atom stereocenters. The Kier molecular flexibility index (Phi) is 5.51. The van der Waals surface area contributed by atoms with Gasteiger partial charge >= 0.3 is 5.69 Å². The molecule has 1 amide bonds. The third-order valence-electron chi connectivity index (χ3n) is 5.25. The molecular weight excluding hydrogens is 394 g/mol. The molecule has 0 saturated carbocycles. The highest BCUT2D eigenvalue weighted by Gasteiger charge is 2.28. The van der Waals surface area contributed by atoms with E-state index in [0.29, 0.717) is 18.1 Å². The first-order valence-electron chi connectivity index (χ1n) is 9.44. The normalized spacial score (nSPS) is 16.4. The zero-order valence-electron chi connectivity index (χ0n) is 15.6. The minimum Gasteiger partial charge on any atom is -0.342 e. The summed E-state index contributed by atoms with van der Waals surface area (Å²) in [6.45, 7) is 3.23. The van der Waals surface area contributed by atoms with Gasteiger partial charge in [-0.15, -0.1) is 11.8 Å². The minimum absolute atomic E-state index is 0.0754. The molecule has 28 heavy (non-hydrogen) atoms. The number of benzene rings is 2. The number of hydrogen-bond donors (Lipinski definition) is 1. The number of aromatic amines is 1. The van der Waals surface area contributed by atoms with Crippen molar-refractivity contribution in [1.29, 1.82) is 0 Å². The molecule has 1 aliphatic heterocycles. The molecular formula is C21H22ClN3O2S. The molecule has 0 bridgehead atoms. The fourth-order valence-corrected chi connectivity index (χ4v) is 5.06. The Bertz CT molecular complexity index is 1050. The highest BCUT2D eigenvalue weighted by atomic mass is 35.5. The average Bonchev–Trinajstić information content (AvgIpc) is 3.05. The van der Waals surface area contributed by atoms with Crippen LogP contribution in [0.2, 0.25) is 5.02 Å². The molecule has 5 nitrogen and oxygen atoms in total. The van der Waals surface area contributed by atoms with E-state index in [1.807, 2.05) is 64.9 Å². The lowest BCUT2D eigenvalue weighted by Gasteiger charge is -2.34. The molecule has 3 aromatic rings. The highest BCUT2D eigenvalue weighted by molar-refractivity contribution is 8.00. The van der Waals surface area contributed by atoms with Crippen molar-refractivity contribution in [2.24, 2.45) is 0 Å². The van der Waals surface area contributed by atoms with Gasteiger partial charge in [0.15, 0.2) is 0 Å². The van der Waals surface area contributed by atoms with Gasteiger partial charge in [-0.3, -0.25) is 9.36 Å². The number of amides is 1. The number of nitrogens with one attached hydrogen (secondary N) is 1. The molecule has 2 aromatic carbocycles. The first kappa shape index (κ1) is 19.2.